The molecule has 1 amide bonds. The highest BCUT2D eigenvalue weighted by Gasteiger charge is 2.47. The Hall–Kier alpha value is -3.25. The number of hydrogen-bond acceptors (Lipinski definition) is 7. The lowest BCUT2D eigenvalue weighted by Crippen LogP contribution is -2.42. The van der Waals surface area contributed by atoms with Crippen molar-refractivity contribution in [1.29, 1.82) is 5.26 Å². The molecule has 15 heteroatoms. The molecule has 1 saturated carbocycles. The van der Waals surface area contributed by atoms with Crippen molar-refractivity contribution in [2.75, 3.05) is 12.8 Å². The lowest BCUT2D eigenvalue weighted by Gasteiger charge is -2.32. The minimum Gasteiger partial charge on any atom is -0.433 e. The summed E-state index contributed by atoms with van der Waals surface area (Å²) in [5, 5.41) is 22.2. The van der Waals surface area contributed by atoms with Gasteiger partial charge in [-0.1, -0.05) is 19.9 Å². The van der Waals surface area contributed by atoms with Crippen molar-refractivity contribution >= 4 is 15.7 Å². The van der Waals surface area contributed by atoms with Gasteiger partial charge < -0.3 is 15.2 Å². The van der Waals surface area contributed by atoms with E-state index in [0.717, 1.165) is 30.7 Å². The zero-order valence-corrected chi connectivity index (χ0v) is 23.6. The van der Waals surface area contributed by atoms with Crippen molar-refractivity contribution in [2.45, 2.75) is 70.6 Å². The first-order chi connectivity index (χ1) is 18.9. The van der Waals surface area contributed by atoms with Gasteiger partial charge in [-0.15, -0.1) is 0 Å². The van der Waals surface area contributed by atoms with E-state index in [1.54, 1.807) is 0 Å². The number of nitriles is 1. The Balaban J connectivity index is 1.89. The molecular weight excluding hydrogens is 575 g/mol. The third kappa shape index (κ3) is 7.34. The second kappa shape index (κ2) is 11.9. The fourth-order valence-corrected chi connectivity index (χ4v) is 5.96. The monoisotopic (exact) mass is 606 g/mol. The number of benzene rings is 1. The highest BCUT2D eigenvalue weighted by atomic mass is 32.2. The first kappa shape index (κ1) is 32.3. The lowest BCUT2D eigenvalue weighted by molar-refractivity contribution is -0.211. The maximum Gasteiger partial charge on any atom is 0.394 e. The molecule has 2 aromatic rings. The summed E-state index contributed by atoms with van der Waals surface area (Å²) in [6.45, 7) is -0.00849. The van der Waals surface area contributed by atoms with Gasteiger partial charge in [0.05, 0.1) is 22.5 Å². The summed E-state index contributed by atoms with van der Waals surface area (Å²) in [7, 11) is -3.33. The first-order valence-corrected chi connectivity index (χ1v) is 14.6. The molecule has 226 valence electrons. The number of halogens is 5. The van der Waals surface area contributed by atoms with Crippen molar-refractivity contribution in [3.63, 3.8) is 0 Å². The maximum atomic E-state index is 13.4. The van der Waals surface area contributed by atoms with Crippen LogP contribution in [0.1, 0.15) is 60.7 Å². The maximum absolute atomic E-state index is 13.4. The zero-order valence-electron chi connectivity index (χ0n) is 22.8. The molecular formula is C26H31F5N4O5S. The molecule has 41 heavy (non-hydrogen) atoms. The summed E-state index contributed by atoms with van der Waals surface area (Å²) in [4.78, 5) is 17.1. The molecule has 0 spiro atoms. The lowest BCUT2D eigenvalue weighted by atomic mass is 9.85. The molecule has 1 heterocycles. The van der Waals surface area contributed by atoms with Gasteiger partial charge in [0.2, 0.25) is 0 Å². The van der Waals surface area contributed by atoms with Crippen LogP contribution in [0.3, 0.4) is 0 Å². The number of imidazole rings is 1. The fraction of sp³-hybridized carbons (Fsp3) is 0.577. The van der Waals surface area contributed by atoms with E-state index in [4.69, 9.17) is 0 Å². The summed E-state index contributed by atoms with van der Waals surface area (Å²) in [5.41, 5.74) is -2.90. The number of aromatic nitrogens is 2. The normalized spacial score (nSPS) is 20.1. The summed E-state index contributed by atoms with van der Waals surface area (Å²) < 4.78 is 96.0. The second-order valence-corrected chi connectivity index (χ2v) is 13.2. The SMILES string of the molecule is Cc1nc(C(=O)NC[C@@H]2CC[C@@H](S(C)(=O)=O)CC2O)c(C#N)n1-c1ccc(CC(C)(C)C(F)(F)F)cc1OC(F)F. The van der Waals surface area contributed by atoms with Gasteiger partial charge in [0, 0.05) is 18.7 Å². The van der Waals surface area contributed by atoms with Gasteiger partial charge in [-0.2, -0.15) is 27.2 Å². The zero-order chi connectivity index (χ0) is 30.9. The number of carbonyl (C=O) groups is 1. The van der Waals surface area contributed by atoms with Crippen molar-refractivity contribution < 1.29 is 45.0 Å². The summed E-state index contributed by atoms with van der Waals surface area (Å²) in [6, 6.07) is 5.35. The number of hydrogen-bond donors (Lipinski definition) is 2. The molecule has 2 N–H and O–H groups in total. The molecule has 1 fully saturated rings. The van der Waals surface area contributed by atoms with Crippen LogP contribution in [0, 0.1) is 29.6 Å². The predicted molar refractivity (Wildman–Crippen MR) is 138 cm³/mol. The van der Waals surface area contributed by atoms with Gasteiger partial charge in [-0.3, -0.25) is 9.36 Å². The molecule has 3 atom stereocenters. The number of alkyl halides is 5. The number of aliphatic hydroxyl groups is 1. The van der Waals surface area contributed by atoms with E-state index in [1.165, 1.54) is 19.1 Å². The van der Waals surface area contributed by atoms with Crippen LogP contribution < -0.4 is 10.1 Å². The highest BCUT2D eigenvalue weighted by Crippen LogP contribution is 2.41. The van der Waals surface area contributed by atoms with Gasteiger partial charge in [-0.25, -0.2) is 13.4 Å². The van der Waals surface area contributed by atoms with Gasteiger partial charge >= 0.3 is 12.8 Å². The van der Waals surface area contributed by atoms with Crippen molar-refractivity contribution in [2.24, 2.45) is 11.3 Å². The third-order valence-corrected chi connectivity index (χ3v) is 8.94. The molecule has 0 radical (unpaired) electrons. The van der Waals surface area contributed by atoms with E-state index < -0.39 is 63.4 Å². The molecule has 0 aliphatic heterocycles. The minimum atomic E-state index is -4.56. The van der Waals surface area contributed by atoms with Gasteiger partial charge in [-0.05, 0) is 50.3 Å². The number of nitrogens with zero attached hydrogens (tertiary/aromatic N) is 3. The molecule has 9 nitrogen and oxygen atoms in total. The molecule has 1 aromatic carbocycles. The van der Waals surface area contributed by atoms with E-state index in [9.17, 15) is 45.5 Å². The molecule has 3 rings (SSSR count). The average Bonchev–Trinajstić information content (AvgIpc) is 3.17. The molecule has 0 saturated heterocycles. The van der Waals surface area contributed by atoms with Crippen LogP contribution in [-0.2, 0) is 16.3 Å². The van der Waals surface area contributed by atoms with E-state index >= 15 is 0 Å². The number of nitrogens with one attached hydrogen (secondary N) is 1. The minimum absolute atomic E-state index is 0.0274. The highest BCUT2D eigenvalue weighted by molar-refractivity contribution is 7.91. The number of sulfone groups is 1. The van der Waals surface area contributed by atoms with Crippen LogP contribution in [0.15, 0.2) is 18.2 Å². The van der Waals surface area contributed by atoms with E-state index in [2.05, 4.69) is 15.0 Å². The topological polar surface area (TPSA) is 134 Å². The Morgan fingerprint density at radius 2 is 1.95 bits per heavy atom. The van der Waals surface area contributed by atoms with E-state index in [-0.39, 0.29) is 41.4 Å². The van der Waals surface area contributed by atoms with E-state index in [0.29, 0.717) is 12.8 Å². The standard InChI is InChI=1S/C26H31F5N4O5S/c1-14-34-22(23(37)33-13-16-6-7-17(10-20(16)36)41(4,38)39)19(12-32)35(14)18-8-5-15(9-21(18)40-24(27)28)11-25(2,3)26(29,30)31/h5,8-9,16-17,20,24,36H,6-7,10-11,13H2,1-4H3,(H,33,37)/t16-,17+,20?/m0/s1. The Labute approximate surface area is 234 Å². The Bertz CT molecular complexity index is 1430. The average molecular weight is 607 g/mol. The summed E-state index contributed by atoms with van der Waals surface area (Å²) in [5.74, 6) is -1.70. The van der Waals surface area contributed by atoms with Crippen molar-refractivity contribution in [3.8, 4) is 17.5 Å². The van der Waals surface area contributed by atoms with E-state index in [1.807, 2.05) is 6.07 Å². The number of carbonyl (C=O) groups excluding carboxylic acids is 1. The Morgan fingerprint density at radius 1 is 1.29 bits per heavy atom. The van der Waals surface area contributed by atoms with Crippen LogP contribution in [0.4, 0.5) is 22.0 Å². The van der Waals surface area contributed by atoms with Crippen LogP contribution in [0.2, 0.25) is 0 Å². The van der Waals surface area contributed by atoms with Gasteiger partial charge in [0.1, 0.15) is 27.5 Å². The molecule has 1 aliphatic rings. The predicted octanol–water partition coefficient (Wildman–Crippen LogP) is 4.09. The largest absolute Gasteiger partial charge is 0.433 e. The first-order valence-electron chi connectivity index (χ1n) is 12.6. The molecule has 0 bridgehead atoms. The van der Waals surface area contributed by atoms with Gasteiger partial charge in [0.25, 0.3) is 5.91 Å². The Kier molecular flexibility index (Phi) is 9.39. The van der Waals surface area contributed by atoms with Crippen LogP contribution >= 0.6 is 0 Å². The van der Waals surface area contributed by atoms with Gasteiger partial charge in [0.15, 0.2) is 11.4 Å². The smallest absolute Gasteiger partial charge is 0.394 e. The fourth-order valence-electron chi connectivity index (χ4n) is 4.85. The van der Waals surface area contributed by atoms with Crippen molar-refractivity contribution in [1.82, 2.24) is 14.9 Å². The van der Waals surface area contributed by atoms with Crippen LogP contribution in [0.5, 0.6) is 5.75 Å². The van der Waals surface area contributed by atoms with Crippen LogP contribution in [0.25, 0.3) is 5.69 Å². The molecule has 1 aromatic heterocycles. The third-order valence-electron chi connectivity index (χ3n) is 7.30. The quantitative estimate of drug-likeness (QED) is 0.411. The number of aryl methyl sites for hydroxylation is 1. The van der Waals surface area contributed by atoms with Crippen LogP contribution in [-0.4, -0.2) is 65.9 Å². The van der Waals surface area contributed by atoms with Crippen molar-refractivity contribution in [3.05, 3.63) is 41.0 Å². The number of rotatable bonds is 9. The molecule has 1 unspecified atom stereocenters. The summed E-state index contributed by atoms with van der Waals surface area (Å²) in [6.07, 6.45) is -4.29. The Morgan fingerprint density at radius 3 is 2.49 bits per heavy atom. The number of ether oxygens (including phenoxy) is 1. The number of aliphatic hydroxyl groups excluding tert-OH is 1. The molecule has 1 aliphatic carbocycles. The summed E-state index contributed by atoms with van der Waals surface area (Å²) >= 11 is 0. The second-order valence-electron chi connectivity index (χ2n) is 10.8. The number of amides is 1.